The third-order valence-corrected chi connectivity index (χ3v) is 4.60. The van der Waals surface area contributed by atoms with Crippen molar-refractivity contribution in [3.8, 4) is 0 Å². The van der Waals surface area contributed by atoms with E-state index in [0.29, 0.717) is 5.95 Å². The molecule has 0 radical (unpaired) electrons. The maximum absolute atomic E-state index is 4.73. The fraction of sp³-hybridized carbons (Fsp3) is 0.550. The van der Waals surface area contributed by atoms with Crippen LogP contribution in [-0.2, 0) is 0 Å². The highest BCUT2D eigenvalue weighted by Gasteiger charge is 2.25. The maximum atomic E-state index is 4.73. The van der Waals surface area contributed by atoms with E-state index in [4.69, 9.17) is 4.98 Å². The van der Waals surface area contributed by atoms with E-state index >= 15 is 0 Å². The van der Waals surface area contributed by atoms with Crippen LogP contribution in [0, 0.1) is 33.6 Å². The third-order valence-electron chi connectivity index (χ3n) is 4.60. The van der Waals surface area contributed by atoms with Crippen molar-refractivity contribution in [3.63, 3.8) is 0 Å². The monoisotopic (exact) mass is 339 g/mol. The SMILES string of the molecule is CCCN(CC1CC1)c1nc(C)nc(Nc2c(C)cc(C)cc2C)n1. The summed E-state index contributed by atoms with van der Waals surface area (Å²) in [6.45, 7) is 12.5. The molecule has 5 heteroatoms. The highest BCUT2D eigenvalue weighted by atomic mass is 15.3. The molecule has 1 aromatic carbocycles. The summed E-state index contributed by atoms with van der Waals surface area (Å²) in [6, 6.07) is 4.36. The fourth-order valence-electron chi connectivity index (χ4n) is 3.31. The standard InChI is InChI=1S/C20H29N5/c1-6-9-25(12-17-7-8-17)20-22-16(5)21-19(24-20)23-18-14(3)10-13(2)11-15(18)4/h10-11,17H,6-9,12H2,1-5H3,(H,21,22,23,24). The van der Waals surface area contributed by atoms with Crippen molar-refractivity contribution in [1.82, 2.24) is 15.0 Å². The molecule has 1 aliphatic carbocycles. The van der Waals surface area contributed by atoms with Gasteiger partial charge in [0.15, 0.2) is 0 Å². The van der Waals surface area contributed by atoms with Crippen molar-refractivity contribution in [2.45, 2.75) is 53.9 Å². The van der Waals surface area contributed by atoms with Crippen LogP contribution in [0.15, 0.2) is 12.1 Å². The van der Waals surface area contributed by atoms with E-state index < -0.39 is 0 Å². The average Bonchev–Trinajstić information content (AvgIpc) is 3.34. The van der Waals surface area contributed by atoms with E-state index in [2.05, 4.69) is 60.0 Å². The molecule has 2 aromatic rings. The molecule has 1 aliphatic rings. The second-order valence-corrected chi connectivity index (χ2v) is 7.29. The Hall–Kier alpha value is -2.17. The molecule has 25 heavy (non-hydrogen) atoms. The van der Waals surface area contributed by atoms with Crippen molar-refractivity contribution in [3.05, 3.63) is 34.6 Å². The maximum Gasteiger partial charge on any atom is 0.232 e. The molecule has 0 unspecified atom stereocenters. The van der Waals surface area contributed by atoms with Crippen molar-refractivity contribution in [2.24, 2.45) is 5.92 Å². The van der Waals surface area contributed by atoms with Gasteiger partial charge in [-0.2, -0.15) is 15.0 Å². The molecule has 0 bridgehead atoms. The zero-order chi connectivity index (χ0) is 18.0. The van der Waals surface area contributed by atoms with Crippen LogP contribution in [-0.4, -0.2) is 28.0 Å². The summed E-state index contributed by atoms with van der Waals surface area (Å²) in [4.78, 5) is 16.1. The Morgan fingerprint density at radius 2 is 1.72 bits per heavy atom. The molecule has 5 nitrogen and oxygen atoms in total. The van der Waals surface area contributed by atoms with Gasteiger partial charge in [-0.15, -0.1) is 0 Å². The van der Waals surface area contributed by atoms with Crippen LogP contribution in [0.3, 0.4) is 0 Å². The number of nitrogens with zero attached hydrogens (tertiary/aromatic N) is 4. The van der Waals surface area contributed by atoms with Gasteiger partial charge in [0.2, 0.25) is 11.9 Å². The second-order valence-electron chi connectivity index (χ2n) is 7.29. The molecule has 0 atom stereocenters. The summed E-state index contributed by atoms with van der Waals surface area (Å²) in [6.07, 6.45) is 3.75. The summed E-state index contributed by atoms with van der Waals surface area (Å²) in [5, 5.41) is 3.43. The van der Waals surface area contributed by atoms with Gasteiger partial charge in [-0.1, -0.05) is 24.6 Å². The van der Waals surface area contributed by atoms with E-state index in [1.165, 1.54) is 29.5 Å². The Morgan fingerprint density at radius 1 is 1.04 bits per heavy atom. The van der Waals surface area contributed by atoms with Crippen LogP contribution >= 0.6 is 0 Å². The van der Waals surface area contributed by atoms with Crippen LogP contribution in [0.25, 0.3) is 0 Å². The summed E-state index contributed by atoms with van der Waals surface area (Å²) in [5.74, 6) is 2.99. The highest BCUT2D eigenvalue weighted by molar-refractivity contribution is 5.64. The number of nitrogens with one attached hydrogen (secondary N) is 1. The van der Waals surface area contributed by atoms with E-state index in [-0.39, 0.29) is 0 Å². The summed E-state index contributed by atoms with van der Waals surface area (Å²) >= 11 is 0. The normalized spacial score (nSPS) is 13.8. The minimum absolute atomic E-state index is 0.634. The first kappa shape index (κ1) is 17.6. The summed E-state index contributed by atoms with van der Waals surface area (Å²) in [5.41, 5.74) is 4.78. The minimum atomic E-state index is 0.634. The van der Waals surface area contributed by atoms with Gasteiger partial charge in [0.1, 0.15) is 5.82 Å². The van der Waals surface area contributed by atoms with Crippen molar-refractivity contribution >= 4 is 17.6 Å². The first-order valence-corrected chi connectivity index (χ1v) is 9.28. The number of rotatable bonds is 7. The average molecular weight is 339 g/mol. The lowest BCUT2D eigenvalue weighted by Gasteiger charge is -2.22. The molecule has 0 aliphatic heterocycles. The molecule has 1 fully saturated rings. The Balaban J connectivity index is 1.88. The van der Waals surface area contributed by atoms with Crippen LogP contribution in [0.1, 0.15) is 48.7 Å². The number of anilines is 3. The van der Waals surface area contributed by atoms with Gasteiger partial charge in [0.05, 0.1) is 0 Å². The molecule has 0 spiro atoms. The predicted octanol–water partition coefficient (Wildman–Crippen LogP) is 4.48. The van der Waals surface area contributed by atoms with Crippen LogP contribution in [0.5, 0.6) is 0 Å². The van der Waals surface area contributed by atoms with Gasteiger partial charge in [0, 0.05) is 18.8 Å². The Morgan fingerprint density at radius 3 is 2.32 bits per heavy atom. The lowest BCUT2D eigenvalue weighted by atomic mass is 10.1. The van der Waals surface area contributed by atoms with Gasteiger partial charge in [-0.25, -0.2) is 0 Å². The minimum Gasteiger partial charge on any atom is -0.340 e. The van der Waals surface area contributed by atoms with E-state index in [1.54, 1.807) is 0 Å². The highest BCUT2D eigenvalue weighted by Crippen LogP contribution is 2.31. The fourth-order valence-corrected chi connectivity index (χ4v) is 3.31. The molecule has 0 amide bonds. The topological polar surface area (TPSA) is 53.9 Å². The number of hydrogen-bond donors (Lipinski definition) is 1. The number of benzene rings is 1. The second kappa shape index (κ2) is 7.38. The molecule has 134 valence electrons. The predicted molar refractivity (Wildman–Crippen MR) is 104 cm³/mol. The van der Waals surface area contributed by atoms with Gasteiger partial charge >= 0.3 is 0 Å². The molecule has 1 N–H and O–H groups in total. The zero-order valence-corrected chi connectivity index (χ0v) is 16.1. The number of aryl methyl sites for hydroxylation is 4. The van der Waals surface area contributed by atoms with Crippen molar-refractivity contribution in [2.75, 3.05) is 23.3 Å². The van der Waals surface area contributed by atoms with Crippen molar-refractivity contribution < 1.29 is 0 Å². The van der Waals surface area contributed by atoms with Crippen LogP contribution < -0.4 is 10.2 Å². The third kappa shape index (κ3) is 4.47. The molecule has 1 aromatic heterocycles. The number of hydrogen-bond acceptors (Lipinski definition) is 5. The van der Waals surface area contributed by atoms with Crippen LogP contribution in [0.4, 0.5) is 17.6 Å². The Labute approximate surface area is 150 Å². The molecule has 1 saturated carbocycles. The summed E-state index contributed by atoms with van der Waals surface area (Å²) in [7, 11) is 0. The van der Waals surface area contributed by atoms with Crippen LogP contribution in [0.2, 0.25) is 0 Å². The van der Waals surface area contributed by atoms with Gasteiger partial charge in [0.25, 0.3) is 0 Å². The molecule has 1 heterocycles. The van der Waals surface area contributed by atoms with Crippen molar-refractivity contribution in [1.29, 1.82) is 0 Å². The molecular formula is C20H29N5. The van der Waals surface area contributed by atoms with Gasteiger partial charge < -0.3 is 10.2 Å². The Bertz CT molecular complexity index is 729. The molecule has 0 saturated heterocycles. The summed E-state index contributed by atoms with van der Waals surface area (Å²) < 4.78 is 0. The van der Waals surface area contributed by atoms with E-state index in [9.17, 15) is 0 Å². The van der Waals surface area contributed by atoms with Gasteiger partial charge in [-0.05, 0) is 64.0 Å². The smallest absolute Gasteiger partial charge is 0.232 e. The molecular weight excluding hydrogens is 310 g/mol. The van der Waals surface area contributed by atoms with Gasteiger partial charge in [-0.3, -0.25) is 0 Å². The Kier molecular flexibility index (Phi) is 5.21. The number of aromatic nitrogens is 3. The lowest BCUT2D eigenvalue weighted by molar-refractivity contribution is 0.684. The first-order valence-electron chi connectivity index (χ1n) is 9.28. The molecule has 3 rings (SSSR count). The zero-order valence-electron chi connectivity index (χ0n) is 16.1. The van der Waals surface area contributed by atoms with E-state index in [1.807, 2.05) is 6.92 Å². The first-order chi connectivity index (χ1) is 12.0. The largest absolute Gasteiger partial charge is 0.340 e. The lowest BCUT2D eigenvalue weighted by Crippen LogP contribution is -2.29. The van der Waals surface area contributed by atoms with E-state index in [0.717, 1.165) is 42.9 Å². The quantitative estimate of drug-likeness (QED) is 0.806.